The molecule has 2 saturated heterocycles. The van der Waals surface area contributed by atoms with Crippen molar-refractivity contribution >= 4 is 74.7 Å². The summed E-state index contributed by atoms with van der Waals surface area (Å²) < 4.78 is 116. The fourth-order valence-electron chi connectivity index (χ4n) is 3.71. The first-order valence-corrected chi connectivity index (χ1v) is 19.8. The van der Waals surface area contributed by atoms with Crippen LogP contribution in [0.25, 0.3) is 0 Å². The predicted octanol–water partition coefficient (Wildman–Crippen LogP) is -0.636. The van der Waals surface area contributed by atoms with Gasteiger partial charge in [0.1, 0.15) is 19.6 Å². The van der Waals surface area contributed by atoms with Crippen molar-refractivity contribution < 1.29 is 52.6 Å². The Morgan fingerprint density at radius 1 is 0.565 bits per heavy atom. The third-order valence-corrected chi connectivity index (χ3v) is 11.5. The standard InChI is InChI=1S/2C7H8ClN3O4S2.2C4H8O2/c2*8-4-1-5-7(2-6(4)16(9,12)13)17(14,15)11-3-10-5;2*1-2-6-4-3-5-1/h2*1-2,10-11H,3H2,(H2,9,12,13);2*1-4H2. The number of benzene rings is 2. The zero-order chi connectivity index (χ0) is 34.2. The number of fused-ring (bicyclic) bond motifs is 2. The number of rotatable bonds is 2. The van der Waals surface area contributed by atoms with Gasteiger partial charge in [0.25, 0.3) is 0 Å². The number of halogens is 2. The van der Waals surface area contributed by atoms with E-state index in [1.165, 1.54) is 12.1 Å². The topological polar surface area (TPSA) is 274 Å². The van der Waals surface area contributed by atoms with Crippen LogP contribution in [-0.2, 0) is 59.0 Å². The van der Waals surface area contributed by atoms with Gasteiger partial charge in [-0.05, 0) is 24.3 Å². The molecule has 18 nitrogen and oxygen atoms in total. The highest BCUT2D eigenvalue weighted by atomic mass is 35.5. The van der Waals surface area contributed by atoms with E-state index in [0.717, 1.165) is 65.0 Å². The second kappa shape index (κ2) is 16.5. The quantitative estimate of drug-likeness (QED) is 0.222. The van der Waals surface area contributed by atoms with Crippen LogP contribution >= 0.6 is 23.2 Å². The molecule has 0 saturated carbocycles. The van der Waals surface area contributed by atoms with Crippen LogP contribution in [-0.4, -0.2) is 99.9 Å². The Morgan fingerprint density at radius 3 is 1.09 bits per heavy atom. The summed E-state index contributed by atoms with van der Waals surface area (Å²) >= 11 is 11.4. The minimum atomic E-state index is -4.07. The number of anilines is 2. The molecule has 0 unspecified atom stereocenters. The highest BCUT2D eigenvalue weighted by molar-refractivity contribution is 7.91. The zero-order valence-electron chi connectivity index (χ0n) is 23.8. The van der Waals surface area contributed by atoms with Gasteiger partial charge in [-0.15, -0.1) is 0 Å². The number of sulfonamides is 4. The first kappa shape index (κ1) is 38.5. The summed E-state index contributed by atoms with van der Waals surface area (Å²) in [5, 5.41) is 15.1. The lowest BCUT2D eigenvalue weighted by molar-refractivity contribution is -0.0334. The van der Waals surface area contributed by atoms with Gasteiger partial charge in [0.05, 0.1) is 87.6 Å². The van der Waals surface area contributed by atoms with E-state index in [4.69, 9.17) is 52.4 Å². The van der Waals surface area contributed by atoms with E-state index < -0.39 is 49.9 Å². The van der Waals surface area contributed by atoms with Crippen LogP contribution in [0.1, 0.15) is 0 Å². The maximum Gasteiger partial charge on any atom is 0.244 e. The summed E-state index contributed by atoms with van der Waals surface area (Å²) in [5.41, 5.74) is 0.474. The Kier molecular flexibility index (Phi) is 13.8. The molecule has 2 aromatic rings. The van der Waals surface area contributed by atoms with Gasteiger partial charge >= 0.3 is 0 Å². The molecule has 4 aliphatic rings. The largest absolute Gasteiger partial charge is 0.377 e. The van der Waals surface area contributed by atoms with E-state index in [9.17, 15) is 33.7 Å². The van der Waals surface area contributed by atoms with Crippen LogP contribution in [0.5, 0.6) is 0 Å². The Balaban J connectivity index is 0.000000185. The second-order valence-electron chi connectivity index (χ2n) is 9.10. The molecule has 0 bridgehead atoms. The number of hydrogen-bond acceptors (Lipinski definition) is 14. The van der Waals surface area contributed by atoms with Gasteiger partial charge in [-0.1, -0.05) is 23.2 Å². The molecular formula is C22H32Cl2N6O12S4. The van der Waals surface area contributed by atoms with Crippen LogP contribution in [0.15, 0.2) is 43.8 Å². The van der Waals surface area contributed by atoms with E-state index in [1.54, 1.807) is 0 Å². The number of nitrogens with one attached hydrogen (secondary N) is 4. The van der Waals surface area contributed by atoms with Gasteiger partial charge in [-0.25, -0.2) is 43.9 Å². The minimum absolute atomic E-state index is 0.0143. The van der Waals surface area contributed by atoms with E-state index in [0.29, 0.717) is 0 Å². The number of nitrogens with two attached hydrogens (primary N) is 2. The third kappa shape index (κ3) is 11.1. The normalized spacial score (nSPS) is 19.7. The van der Waals surface area contributed by atoms with Crippen LogP contribution in [0.2, 0.25) is 10.0 Å². The van der Waals surface area contributed by atoms with Crippen molar-refractivity contribution in [2.45, 2.75) is 19.6 Å². The molecule has 8 N–H and O–H groups in total. The molecule has 2 aromatic carbocycles. The van der Waals surface area contributed by atoms with Crippen molar-refractivity contribution in [2.75, 3.05) is 76.8 Å². The SMILES string of the molecule is C1COCCO1.C1COCCO1.NS(=O)(=O)c1cc2c(cc1Cl)NCNS2(=O)=O.NS(=O)(=O)c1cc2c(cc1Cl)NCNS2(=O)=O. The Labute approximate surface area is 276 Å². The third-order valence-electron chi connectivity index (χ3n) is 5.83. The maximum atomic E-state index is 11.6. The second-order valence-corrected chi connectivity index (χ2v) is 16.4. The summed E-state index contributed by atoms with van der Waals surface area (Å²) in [4.78, 5) is -1.24. The molecule has 4 aliphatic heterocycles. The Hall–Kier alpha value is -1.90. The molecule has 0 spiro atoms. The molecule has 4 heterocycles. The molecule has 24 heteroatoms. The molecule has 6 rings (SSSR count). The molecule has 0 aromatic heterocycles. The molecule has 46 heavy (non-hydrogen) atoms. The average Bonchev–Trinajstić information content (AvgIpc) is 2.98. The van der Waals surface area contributed by atoms with Gasteiger partial charge in [-0.2, -0.15) is 9.44 Å². The van der Waals surface area contributed by atoms with Crippen molar-refractivity contribution in [1.29, 1.82) is 0 Å². The van der Waals surface area contributed by atoms with Crippen LogP contribution in [0.4, 0.5) is 11.4 Å². The molecular weight excluding hydrogens is 739 g/mol. The minimum Gasteiger partial charge on any atom is -0.377 e. The summed E-state index contributed by atoms with van der Waals surface area (Å²) in [5.74, 6) is 0. The Morgan fingerprint density at radius 2 is 0.848 bits per heavy atom. The number of ether oxygens (including phenoxy) is 4. The fraction of sp³-hybridized carbons (Fsp3) is 0.455. The predicted molar refractivity (Wildman–Crippen MR) is 167 cm³/mol. The van der Waals surface area contributed by atoms with E-state index in [2.05, 4.69) is 20.1 Å². The van der Waals surface area contributed by atoms with Crippen molar-refractivity contribution in [3.8, 4) is 0 Å². The van der Waals surface area contributed by atoms with E-state index in [-0.39, 0.29) is 44.5 Å². The van der Waals surface area contributed by atoms with Gasteiger partial charge in [0.2, 0.25) is 40.1 Å². The Bertz CT molecular complexity index is 1660. The van der Waals surface area contributed by atoms with Crippen molar-refractivity contribution in [2.24, 2.45) is 10.3 Å². The molecule has 0 atom stereocenters. The number of hydrogen-bond donors (Lipinski definition) is 6. The van der Waals surface area contributed by atoms with Gasteiger partial charge in [0, 0.05) is 0 Å². The van der Waals surface area contributed by atoms with Crippen LogP contribution < -0.4 is 30.4 Å². The van der Waals surface area contributed by atoms with E-state index in [1.807, 2.05) is 0 Å². The van der Waals surface area contributed by atoms with Gasteiger partial charge in [0.15, 0.2) is 0 Å². The average molecular weight is 772 g/mol. The zero-order valence-corrected chi connectivity index (χ0v) is 28.6. The highest BCUT2D eigenvalue weighted by Gasteiger charge is 2.28. The summed E-state index contributed by atoms with van der Waals surface area (Å²) in [7, 11) is -15.6. The van der Waals surface area contributed by atoms with Crippen LogP contribution in [0.3, 0.4) is 0 Å². The molecule has 2 fully saturated rings. The molecule has 260 valence electrons. The number of primary sulfonamides is 2. The first-order chi connectivity index (χ1) is 21.4. The lowest BCUT2D eigenvalue weighted by atomic mass is 10.3. The van der Waals surface area contributed by atoms with Crippen molar-refractivity contribution in [3.63, 3.8) is 0 Å². The summed E-state index contributed by atoms with van der Waals surface area (Å²) in [6, 6.07) is 4.30. The lowest BCUT2D eigenvalue weighted by Crippen LogP contribution is -2.34. The summed E-state index contributed by atoms with van der Waals surface area (Å²) in [6.45, 7) is 6.25. The molecule has 0 amide bonds. The van der Waals surface area contributed by atoms with Crippen molar-refractivity contribution in [1.82, 2.24) is 9.44 Å². The fourth-order valence-corrected chi connectivity index (χ4v) is 8.28. The van der Waals surface area contributed by atoms with E-state index >= 15 is 0 Å². The van der Waals surface area contributed by atoms with Gasteiger partial charge in [-0.3, -0.25) is 0 Å². The van der Waals surface area contributed by atoms with Crippen molar-refractivity contribution in [3.05, 3.63) is 34.3 Å². The monoisotopic (exact) mass is 770 g/mol. The molecule has 0 radical (unpaired) electrons. The highest BCUT2D eigenvalue weighted by Crippen LogP contribution is 2.33. The summed E-state index contributed by atoms with van der Waals surface area (Å²) in [6.07, 6.45) is 0. The molecule has 0 aliphatic carbocycles. The first-order valence-electron chi connectivity index (χ1n) is 12.9. The maximum absolute atomic E-state index is 11.6. The van der Waals surface area contributed by atoms with Crippen LogP contribution in [0, 0.1) is 0 Å². The van der Waals surface area contributed by atoms with Gasteiger partial charge < -0.3 is 29.6 Å². The lowest BCUT2D eigenvalue weighted by Gasteiger charge is -2.20. The smallest absolute Gasteiger partial charge is 0.244 e.